The molecule has 2 aromatic carbocycles. The molecule has 0 fully saturated rings. The number of methoxy groups -OCH3 is 1. The van der Waals surface area contributed by atoms with E-state index in [9.17, 15) is 4.39 Å². The molecule has 102 valence electrons. The lowest BCUT2D eigenvalue weighted by atomic mass is 10.2. The van der Waals surface area contributed by atoms with E-state index >= 15 is 0 Å². The van der Waals surface area contributed by atoms with Gasteiger partial charge in [-0.05, 0) is 24.3 Å². The predicted molar refractivity (Wildman–Crippen MR) is 77.0 cm³/mol. The summed E-state index contributed by atoms with van der Waals surface area (Å²) < 4.78 is 20.1. The molecular weight excluding hydrogens is 281 g/mol. The Morgan fingerprint density at radius 1 is 1.30 bits per heavy atom. The number of hydrogen-bond donors (Lipinski definition) is 1. The van der Waals surface area contributed by atoms with Crippen molar-refractivity contribution in [1.29, 1.82) is 0 Å². The quantitative estimate of drug-likeness (QED) is 0.787. The molecule has 0 aliphatic heterocycles. The van der Waals surface area contributed by atoms with Gasteiger partial charge in [0.05, 0.1) is 28.9 Å². The van der Waals surface area contributed by atoms with Crippen molar-refractivity contribution in [2.24, 2.45) is 0 Å². The highest BCUT2D eigenvalue weighted by Gasteiger charge is 2.14. The van der Waals surface area contributed by atoms with Crippen molar-refractivity contribution in [2.45, 2.75) is 0 Å². The number of rotatable bonds is 2. The number of hydrogen-bond acceptors (Lipinski definition) is 3. The van der Waals surface area contributed by atoms with E-state index in [0.717, 1.165) is 0 Å². The van der Waals surface area contributed by atoms with Gasteiger partial charge in [0.25, 0.3) is 0 Å². The van der Waals surface area contributed by atoms with Crippen LogP contribution in [0.5, 0.6) is 5.75 Å². The second-order valence-electron chi connectivity index (χ2n) is 4.23. The minimum absolute atomic E-state index is 0.135. The summed E-state index contributed by atoms with van der Waals surface area (Å²) in [6.07, 6.45) is 0. The smallest absolute Gasteiger partial charge is 0.205 e. The van der Waals surface area contributed by atoms with E-state index in [-0.39, 0.29) is 11.7 Å². The summed E-state index contributed by atoms with van der Waals surface area (Å²) in [5.74, 6) is -0.0251. The lowest BCUT2D eigenvalue weighted by Crippen LogP contribution is -2.02. The monoisotopic (exact) mass is 291 g/mol. The second-order valence-corrected chi connectivity index (χ2v) is 4.64. The van der Waals surface area contributed by atoms with Crippen LogP contribution >= 0.6 is 11.6 Å². The van der Waals surface area contributed by atoms with Gasteiger partial charge < -0.3 is 10.5 Å². The molecule has 0 radical (unpaired) electrons. The maximum Gasteiger partial charge on any atom is 0.205 e. The third-order valence-electron chi connectivity index (χ3n) is 3.05. The van der Waals surface area contributed by atoms with Crippen LogP contribution in [0.2, 0.25) is 5.02 Å². The van der Waals surface area contributed by atoms with Gasteiger partial charge in [-0.15, -0.1) is 0 Å². The van der Waals surface area contributed by atoms with Crippen molar-refractivity contribution in [3.05, 3.63) is 47.2 Å². The molecule has 1 aromatic heterocycles. The van der Waals surface area contributed by atoms with E-state index in [1.165, 1.54) is 13.2 Å². The lowest BCUT2D eigenvalue weighted by molar-refractivity contribution is 0.386. The van der Waals surface area contributed by atoms with Crippen LogP contribution in [0.4, 0.5) is 10.3 Å². The summed E-state index contributed by atoms with van der Waals surface area (Å²) >= 11 is 6.21. The van der Waals surface area contributed by atoms with Gasteiger partial charge in [0.2, 0.25) is 5.95 Å². The standard InChI is InChI=1S/C14H11ClFN3O/c1-20-12-7-8(5-6-10(12)16)19-13-9(15)3-2-4-11(13)18-14(19)17/h2-7H,1H3,(H2,17,18). The van der Waals surface area contributed by atoms with Crippen molar-refractivity contribution in [2.75, 3.05) is 12.8 Å². The number of anilines is 1. The molecular formula is C14H11ClFN3O. The van der Waals surface area contributed by atoms with Gasteiger partial charge in [0.1, 0.15) is 0 Å². The number of nitrogen functional groups attached to an aromatic ring is 1. The number of benzene rings is 2. The Morgan fingerprint density at radius 3 is 2.85 bits per heavy atom. The molecule has 0 aliphatic carbocycles. The zero-order valence-corrected chi connectivity index (χ0v) is 11.4. The van der Waals surface area contributed by atoms with Crippen LogP contribution in [0.1, 0.15) is 0 Å². The molecule has 2 N–H and O–H groups in total. The molecule has 0 atom stereocenters. The molecule has 3 rings (SSSR count). The number of nitrogens with two attached hydrogens (primary N) is 1. The Labute approximate surface area is 119 Å². The molecule has 6 heteroatoms. The topological polar surface area (TPSA) is 53.1 Å². The number of fused-ring (bicyclic) bond motifs is 1. The molecule has 1 heterocycles. The minimum atomic E-state index is -0.440. The van der Waals surface area contributed by atoms with Crippen molar-refractivity contribution < 1.29 is 9.13 Å². The fourth-order valence-corrected chi connectivity index (χ4v) is 2.41. The van der Waals surface area contributed by atoms with Crippen LogP contribution in [0.3, 0.4) is 0 Å². The van der Waals surface area contributed by atoms with Crippen LogP contribution in [-0.4, -0.2) is 16.7 Å². The number of halogens is 2. The number of aromatic nitrogens is 2. The van der Waals surface area contributed by atoms with E-state index < -0.39 is 5.82 Å². The molecule has 4 nitrogen and oxygen atoms in total. The Hall–Kier alpha value is -2.27. The molecule has 0 amide bonds. The lowest BCUT2D eigenvalue weighted by Gasteiger charge is -2.09. The van der Waals surface area contributed by atoms with Crippen LogP contribution in [-0.2, 0) is 0 Å². The summed E-state index contributed by atoms with van der Waals surface area (Å²) in [6.45, 7) is 0. The fourth-order valence-electron chi connectivity index (χ4n) is 2.15. The van der Waals surface area contributed by atoms with Gasteiger partial charge in [-0.25, -0.2) is 9.37 Å². The van der Waals surface area contributed by atoms with Gasteiger partial charge >= 0.3 is 0 Å². The van der Waals surface area contributed by atoms with Crippen molar-refractivity contribution >= 4 is 28.6 Å². The number of ether oxygens (including phenoxy) is 1. The molecule has 3 aromatic rings. The van der Waals surface area contributed by atoms with Crippen molar-refractivity contribution in [1.82, 2.24) is 9.55 Å². The van der Waals surface area contributed by atoms with Crippen LogP contribution < -0.4 is 10.5 Å². The van der Waals surface area contributed by atoms with Gasteiger partial charge in [-0.3, -0.25) is 4.57 Å². The summed E-state index contributed by atoms with van der Waals surface area (Å²) in [6, 6.07) is 9.83. The first-order chi connectivity index (χ1) is 9.61. The predicted octanol–water partition coefficient (Wildman–Crippen LogP) is 3.41. The van der Waals surface area contributed by atoms with E-state index in [2.05, 4.69) is 4.98 Å². The highest BCUT2D eigenvalue weighted by molar-refractivity contribution is 6.35. The first-order valence-corrected chi connectivity index (χ1v) is 6.26. The minimum Gasteiger partial charge on any atom is -0.494 e. The normalized spacial score (nSPS) is 10.9. The van der Waals surface area contributed by atoms with E-state index in [0.29, 0.717) is 21.7 Å². The zero-order valence-electron chi connectivity index (χ0n) is 10.6. The largest absolute Gasteiger partial charge is 0.494 e. The molecule has 0 bridgehead atoms. The Bertz CT molecular complexity index is 800. The third-order valence-corrected chi connectivity index (χ3v) is 3.35. The van der Waals surface area contributed by atoms with Crippen molar-refractivity contribution in [3.8, 4) is 11.4 Å². The highest BCUT2D eigenvalue weighted by atomic mass is 35.5. The van der Waals surface area contributed by atoms with Gasteiger partial charge in [-0.2, -0.15) is 0 Å². The average Bonchev–Trinajstić information content (AvgIpc) is 2.77. The van der Waals surface area contributed by atoms with E-state index in [4.69, 9.17) is 22.1 Å². The summed E-state index contributed by atoms with van der Waals surface area (Å²) in [4.78, 5) is 4.25. The molecule has 0 unspecified atom stereocenters. The number of para-hydroxylation sites is 1. The van der Waals surface area contributed by atoms with E-state index in [1.54, 1.807) is 28.8 Å². The number of imidazole rings is 1. The molecule has 0 aliphatic rings. The van der Waals surface area contributed by atoms with Crippen LogP contribution in [0, 0.1) is 5.82 Å². The van der Waals surface area contributed by atoms with Gasteiger partial charge in [-0.1, -0.05) is 17.7 Å². The van der Waals surface area contributed by atoms with Crippen LogP contribution in [0.15, 0.2) is 36.4 Å². The summed E-state index contributed by atoms with van der Waals surface area (Å²) in [7, 11) is 1.41. The molecule has 0 saturated heterocycles. The van der Waals surface area contributed by atoms with Gasteiger partial charge in [0.15, 0.2) is 11.6 Å². The van der Waals surface area contributed by atoms with Crippen LogP contribution in [0.25, 0.3) is 16.7 Å². The maximum atomic E-state index is 13.5. The highest BCUT2D eigenvalue weighted by Crippen LogP contribution is 2.30. The maximum absolute atomic E-state index is 13.5. The fraction of sp³-hybridized carbons (Fsp3) is 0.0714. The molecule has 20 heavy (non-hydrogen) atoms. The average molecular weight is 292 g/mol. The van der Waals surface area contributed by atoms with Gasteiger partial charge in [0, 0.05) is 6.07 Å². The summed E-state index contributed by atoms with van der Waals surface area (Å²) in [5, 5.41) is 0.523. The first-order valence-electron chi connectivity index (χ1n) is 5.88. The zero-order chi connectivity index (χ0) is 14.3. The molecule has 0 saturated carbocycles. The van der Waals surface area contributed by atoms with E-state index in [1.807, 2.05) is 6.07 Å². The third kappa shape index (κ3) is 1.87. The SMILES string of the molecule is COc1cc(-n2c(N)nc3cccc(Cl)c32)ccc1F. The Morgan fingerprint density at radius 2 is 2.10 bits per heavy atom. The number of nitrogens with zero attached hydrogens (tertiary/aromatic N) is 2. The Kier molecular flexibility index (Phi) is 2.99. The molecule has 0 spiro atoms. The Balaban J connectivity index is 2.32. The van der Waals surface area contributed by atoms with Crippen molar-refractivity contribution in [3.63, 3.8) is 0 Å². The summed E-state index contributed by atoms with van der Waals surface area (Å²) in [5.41, 5.74) is 7.94. The second kappa shape index (κ2) is 4.68. The first kappa shape index (κ1) is 12.7.